The normalized spacial score (nSPS) is 12.8. The minimum absolute atomic E-state index is 0.618. The molecule has 0 aliphatic rings. The monoisotopic (exact) mass is 280 g/mol. The number of benzene rings is 1. The van der Waals surface area contributed by atoms with Gasteiger partial charge < -0.3 is 0 Å². The molecule has 0 saturated carbocycles. The Morgan fingerprint density at radius 1 is 1.27 bits per heavy atom. The molecule has 0 fully saturated rings. The molecule has 0 aliphatic heterocycles. The summed E-state index contributed by atoms with van der Waals surface area (Å²) in [5.74, 6) is 1.94. The van der Waals surface area contributed by atoms with Crippen LogP contribution in [0.25, 0.3) is 0 Å². The predicted octanol–water partition coefficient (Wildman–Crippen LogP) is 5.78. The molecule has 0 N–H and O–H groups in total. The van der Waals surface area contributed by atoms with E-state index in [0.717, 1.165) is 10.8 Å². The van der Waals surface area contributed by atoms with Gasteiger partial charge >= 0.3 is 0 Å². The first-order valence-electron chi connectivity index (χ1n) is 4.88. The number of hydrogen-bond acceptors (Lipinski definition) is 2. The smallest absolute Gasteiger partial charge is 0.0603 e. The van der Waals surface area contributed by atoms with Crippen LogP contribution in [-0.4, -0.2) is 5.75 Å². The minimum atomic E-state index is 0.618. The minimum Gasteiger partial charge on any atom is -0.0887 e. The van der Waals surface area contributed by atoms with Crippen LogP contribution in [-0.2, 0) is 0 Å². The second-order valence-electron chi connectivity index (χ2n) is 3.46. The van der Waals surface area contributed by atoms with Gasteiger partial charge in [0.2, 0.25) is 0 Å². The van der Waals surface area contributed by atoms with Crippen LogP contribution in [0.15, 0.2) is 23.1 Å². The fourth-order valence-electron chi connectivity index (χ4n) is 0.865. The summed E-state index contributed by atoms with van der Waals surface area (Å²) < 4.78 is 0. The van der Waals surface area contributed by atoms with Gasteiger partial charge in [0.25, 0.3) is 0 Å². The molecule has 0 aliphatic carbocycles. The maximum Gasteiger partial charge on any atom is 0.0603 e. The molecule has 0 spiro atoms. The van der Waals surface area contributed by atoms with Crippen LogP contribution in [0.1, 0.15) is 20.3 Å². The van der Waals surface area contributed by atoms with Crippen LogP contribution < -0.4 is 0 Å². The van der Waals surface area contributed by atoms with E-state index in [4.69, 9.17) is 23.2 Å². The number of rotatable bonds is 5. The second kappa shape index (κ2) is 6.95. The summed E-state index contributed by atoms with van der Waals surface area (Å²) in [6.07, 6.45) is 1.23. The van der Waals surface area contributed by atoms with Crippen LogP contribution in [0.3, 0.4) is 0 Å². The van der Waals surface area contributed by atoms with E-state index in [9.17, 15) is 0 Å². The van der Waals surface area contributed by atoms with Gasteiger partial charge in [0.1, 0.15) is 0 Å². The highest BCUT2D eigenvalue weighted by atomic mass is 35.5. The number of hydrogen-bond donors (Lipinski definition) is 0. The molecule has 1 aromatic carbocycles. The fourth-order valence-corrected chi connectivity index (χ4v) is 3.81. The Bertz CT molecular complexity index is 315. The lowest BCUT2D eigenvalue weighted by Crippen LogP contribution is -1.93. The van der Waals surface area contributed by atoms with Gasteiger partial charge in [-0.2, -0.15) is 0 Å². The van der Waals surface area contributed by atoms with Crippen LogP contribution in [0.5, 0.6) is 0 Å². The van der Waals surface area contributed by atoms with Crippen molar-refractivity contribution in [1.82, 2.24) is 0 Å². The van der Waals surface area contributed by atoms with Gasteiger partial charge in [-0.1, -0.05) is 65.1 Å². The maximum absolute atomic E-state index is 5.93. The molecule has 15 heavy (non-hydrogen) atoms. The largest absolute Gasteiger partial charge is 0.0887 e. The van der Waals surface area contributed by atoms with Crippen molar-refractivity contribution in [3.05, 3.63) is 28.2 Å². The second-order valence-corrected chi connectivity index (χ2v) is 6.69. The number of halogens is 2. The van der Waals surface area contributed by atoms with E-state index in [1.165, 1.54) is 12.2 Å². The molecule has 0 heterocycles. The first-order chi connectivity index (χ1) is 7.13. The lowest BCUT2D eigenvalue weighted by atomic mass is 10.2. The van der Waals surface area contributed by atoms with Gasteiger partial charge in [0.05, 0.1) is 10.0 Å². The van der Waals surface area contributed by atoms with Crippen molar-refractivity contribution in [2.24, 2.45) is 5.92 Å². The first-order valence-corrected chi connectivity index (χ1v) is 7.95. The maximum atomic E-state index is 5.93. The Morgan fingerprint density at radius 3 is 2.60 bits per heavy atom. The molecular weight excluding hydrogens is 267 g/mol. The molecule has 1 rings (SSSR count). The Balaban J connectivity index is 2.41. The lowest BCUT2D eigenvalue weighted by Gasteiger charge is -2.07. The molecule has 0 aromatic heterocycles. The zero-order valence-electron chi connectivity index (χ0n) is 8.80. The molecule has 0 amide bonds. The van der Waals surface area contributed by atoms with E-state index >= 15 is 0 Å². The zero-order chi connectivity index (χ0) is 11.3. The highest BCUT2D eigenvalue weighted by molar-refractivity contribution is 8.76. The van der Waals surface area contributed by atoms with Crippen molar-refractivity contribution >= 4 is 44.8 Å². The molecule has 0 radical (unpaired) electrons. The molecule has 1 unspecified atom stereocenters. The van der Waals surface area contributed by atoms with Gasteiger partial charge in [-0.25, -0.2) is 0 Å². The van der Waals surface area contributed by atoms with Gasteiger partial charge in [-0.3, -0.25) is 0 Å². The van der Waals surface area contributed by atoms with Crippen molar-refractivity contribution < 1.29 is 0 Å². The van der Waals surface area contributed by atoms with E-state index < -0.39 is 0 Å². The third-order valence-electron chi connectivity index (χ3n) is 2.10. The van der Waals surface area contributed by atoms with Crippen molar-refractivity contribution in [2.75, 3.05) is 5.75 Å². The SMILES string of the molecule is CCC(C)CSSc1ccc(Cl)c(Cl)c1. The van der Waals surface area contributed by atoms with E-state index in [-0.39, 0.29) is 0 Å². The average molecular weight is 281 g/mol. The summed E-state index contributed by atoms with van der Waals surface area (Å²) in [7, 11) is 3.63. The third-order valence-corrected chi connectivity index (χ3v) is 5.44. The van der Waals surface area contributed by atoms with E-state index in [1.807, 2.05) is 29.0 Å². The van der Waals surface area contributed by atoms with E-state index in [1.54, 1.807) is 10.8 Å². The Hall–Kier alpha value is 0.500. The summed E-state index contributed by atoms with van der Waals surface area (Å²) in [5, 5.41) is 1.25. The molecule has 0 nitrogen and oxygen atoms in total. The van der Waals surface area contributed by atoms with Crippen molar-refractivity contribution in [2.45, 2.75) is 25.2 Å². The van der Waals surface area contributed by atoms with Crippen LogP contribution in [0.2, 0.25) is 10.0 Å². The predicted molar refractivity (Wildman–Crippen MR) is 74.2 cm³/mol. The van der Waals surface area contributed by atoms with E-state index in [0.29, 0.717) is 10.0 Å². The summed E-state index contributed by atoms with van der Waals surface area (Å²) in [5.41, 5.74) is 0. The van der Waals surface area contributed by atoms with Gasteiger partial charge in [0, 0.05) is 10.6 Å². The van der Waals surface area contributed by atoms with Gasteiger partial charge in [-0.05, 0) is 24.1 Å². The molecule has 1 aromatic rings. The fraction of sp³-hybridized carbons (Fsp3) is 0.455. The van der Waals surface area contributed by atoms with Crippen LogP contribution in [0.4, 0.5) is 0 Å². The molecule has 1 atom stereocenters. The molecular formula is C11H14Cl2S2. The lowest BCUT2D eigenvalue weighted by molar-refractivity contribution is 0.638. The molecule has 4 heteroatoms. The molecule has 0 bridgehead atoms. The summed E-state index contributed by atoms with van der Waals surface area (Å²) in [4.78, 5) is 1.16. The average Bonchev–Trinajstić information content (AvgIpc) is 2.23. The van der Waals surface area contributed by atoms with Gasteiger partial charge in [-0.15, -0.1) is 0 Å². The Morgan fingerprint density at radius 2 is 2.00 bits per heavy atom. The van der Waals surface area contributed by atoms with Crippen molar-refractivity contribution in [3.8, 4) is 0 Å². The standard InChI is InChI=1S/C11H14Cl2S2/c1-3-8(2)7-14-15-9-4-5-10(12)11(13)6-9/h4-6,8H,3,7H2,1-2H3. The van der Waals surface area contributed by atoms with Crippen molar-refractivity contribution in [1.29, 1.82) is 0 Å². The summed E-state index contributed by atoms with van der Waals surface area (Å²) in [6.45, 7) is 4.48. The van der Waals surface area contributed by atoms with Gasteiger partial charge in [0.15, 0.2) is 0 Å². The Labute approximate surface area is 110 Å². The zero-order valence-corrected chi connectivity index (χ0v) is 11.9. The quantitative estimate of drug-likeness (QED) is 0.627. The summed E-state index contributed by atoms with van der Waals surface area (Å²) >= 11 is 11.8. The Kier molecular flexibility index (Phi) is 6.28. The van der Waals surface area contributed by atoms with E-state index in [2.05, 4.69) is 13.8 Å². The highest BCUT2D eigenvalue weighted by Crippen LogP contribution is 2.35. The van der Waals surface area contributed by atoms with Crippen LogP contribution in [0, 0.1) is 5.92 Å². The summed E-state index contributed by atoms with van der Waals surface area (Å²) in [6, 6.07) is 5.76. The first kappa shape index (κ1) is 13.6. The third kappa shape index (κ3) is 4.90. The topological polar surface area (TPSA) is 0 Å². The van der Waals surface area contributed by atoms with Crippen molar-refractivity contribution in [3.63, 3.8) is 0 Å². The molecule has 84 valence electrons. The molecule has 0 saturated heterocycles. The van der Waals surface area contributed by atoms with Crippen LogP contribution >= 0.6 is 44.8 Å². The highest BCUT2D eigenvalue weighted by Gasteiger charge is 2.02.